The number of aliphatic hydroxyl groups is 1. The van der Waals surface area contributed by atoms with E-state index in [0.29, 0.717) is 25.0 Å². The Hall–Kier alpha value is -5.68. The van der Waals surface area contributed by atoms with Crippen LogP contribution in [0.4, 0.5) is 0 Å². The predicted molar refractivity (Wildman–Crippen MR) is 211 cm³/mol. The maximum absolute atomic E-state index is 13.8. The van der Waals surface area contributed by atoms with Crippen molar-refractivity contribution < 1.29 is 53.4 Å². The minimum Gasteiger partial charge on any atom is -0.480 e. The molecule has 0 spiro atoms. The van der Waals surface area contributed by atoms with Gasteiger partial charge in [-0.25, -0.2) is 9.78 Å². The van der Waals surface area contributed by atoms with Gasteiger partial charge in [0, 0.05) is 24.7 Å². The van der Waals surface area contributed by atoms with Crippen molar-refractivity contribution in [3.63, 3.8) is 0 Å². The van der Waals surface area contributed by atoms with Crippen LogP contribution < -0.4 is 54.8 Å². The maximum atomic E-state index is 13.8. The number of carbonyl (C=O) groups excluding carboxylic acids is 8. The van der Waals surface area contributed by atoms with Gasteiger partial charge in [-0.1, -0.05) is 34.1 Å². The summed E-state index contributed by atoms with van der Waals surface area (Å²) in [4.78, 5) is 123. The van der Waals surface area contributed by atoms with Crippen LogP contribution in [0.25, 0.3) is 0 Å². The van der Waals surface area contributed by atoms with Gasteiger partial charge in [-0.3, -0.25) is 38.4 Å². The van der Waals surface area contributed by atoms with Gasteiger partial charge in [0.25, 0.3) is 0 Å². The molecule has 0 unspecified atom stereocenters. The van der Waals surface area contributed by atoms with E-state index in [4.69, 9.17) is 22.9 Å². The number of carboxylic acid groups (broad SMARTS) is 1. The van der Waals surface area contributed by atoms with Crippen molar-refractivity contribution >= 4 is 53.2 Å². The smallest absolute Gasteiger partial charge is 0.326 e. The second-order valence-corrected chi connectivity index (χ2v) is 14.7. The first-order valence-corrected chi connectivity index (χ1v) is 19.4. The maximum Gasteiger partial charge on any atom is 0.326 e. The number of imidazole rings is 1. The summed E-state index contributed by atoms with van der Waals surface area (Å²) < 4.78 is 0. The van der Waals surface area contributed by atoms with E-state index < -0.39 is 114 Å². The molecular formula is C36H62N12O11. The number of aromatic amines is 1. The first-order chi connectivity index (χ1) is 27.7. The van der Waals surface area contributed by atoms with E-state index in [1.807, 2.05) is 0 Å². The van der Waals surface area contributed by atoms with Gasteiger partial charge in [-0.15, -0.1) is 0 Å². The van der Waals surface area contributed by atoms with Crippen LogP contribution in [0.5, 0.6) is 0 Å². The first kappa shape index (κ1) is 51.3. The molecule has 0 aromatic carbocycles. The van der Waals surface area contributed by atoms with Crippen LogP contribution in [0.2, 0.25) is 0 Å². The summed E-state index contributed by atoms with van der Waals surface area (Å²) in [5.41, 5.74) is 22.4. The van der Waals surface area contributed by atoms with Crippen molar-refractivity contribution in [3.05, 3.63) is 18.2 Å². The standard InChI is InChI=1S/C36H62N12O11/c1-5-19(4)29(35(57)44-23(9-10-27(39)50)32(54)47-26(36(58)59)12-18(2)3)48-34(56)25(14-28(40)51)46-31(53)22(8-6-7-11-37)43-33(55)24(13-20-15-41-17-42-20)45-30(52)21(38)16-49/h15,17-19,21-26,29,49H,5-14,16,37-38H2,1-4H3,(H2,39,50)(H2,40,51)(H,41,42)(H,43,55)(H,44,57)(H,45,52)(H,46,53)(H,47,54)(H,48,56)(H,58,59)/t19-,21-,22-,23-,24-,25-,26-,29-/m0/s1. The Morgan fingerprint density at radius 2 is 1.27 bits per heavy atom. The first-order valence-electron chi connectivity index (χ1n) is 19.4. The summed E-state index contributed by atoms with van der Waals surface area (Å²) in [5, 5.41) is 33.7. The average Bonchev–Trinajstić information content (AvgIpc) is 3.69. The Balaban J connectivity index is 3.39. The molecule has 1 aromatic rings. The SMILES string of the molecule is CC[C@H](C)[C@H](NC(=O)[C@H](CC(N)=O)NC(=O)[C@H](CCCCN)NC(=O)[C@H](Cc1cnc[nH]1)NC(=O)[C@@H](N)CO)C(=O)N[C@@H](CCC(N)=O)C(=O)N[C@@H](CC(C)C)C(=O)O. The number of aliphatic carboxylic acids is 1. The highest BCUT2D eigenvalue weighted by atomic mass is 16.4. The zero-order valence-electron chi connectivity index (χ0n) is 34.0. The number of nitrogens with one attached hydrogen (secondary N) is 7. The molecule has 17 N–H and O–H groups in total. The molecule has 1 heterocycles. The lowest BCUT2D eigenvalue weighted by molar-refractivity contribution is -0.143. The van der Waals surface area contributed by atoms with Gasteiger partial charge in [0.05, 0.1) is 19.4 Å². The Kier molecular flexibility index (Phi) is 22.9. The molecule has 0 radical (unpaired) electrons. The number of hydrogen-bond donors (Lipinski definition) is 13. The molecule has 8 atom stereocenters. The summed E-state index contributed by atoms with van der Waals surface area (Å²) in [5.74, 6) is -9.36. The molecule has 23 heteroatoms. The van der Waals surface area contributed by atoms with E-state index >= 15 is 0 Å². The van der Waals surface area contributed by atoms with Crippen LogP contribution in [0, 0.1) is 11.8 Å². The van der Waals surface area contributed by atoms with Crippen LogP contribution in [0.15, 0.2) is 12.5 Å². The van der Waals surface area contributed by atoms with E-state index in [1.54, 1.807) is 27.7 Å². The van der Waals surface area contributed by atoms with Gasteiger partial charge in [-0.05, 0) is 50.5 Å². The second-order valence-electron chi connectivity index (χ2n) is 14.7. The largest absolute Gasteiger partial charge is 0.480 e. The highest BCUT2D eigenvalue weighted by molar-refractivity contribution is 5.98. The molecule has 0 fully saturated rings. The fourth-order valence-corrected chi connectivity index (χ4v) is 5.64. The van der Waals surface area contributed by atoms with Crippen molar-refractivity contribution in [3.8, 4) is 0 Å². The van der Waals surface area contributed by atoms with Gasteiger partial charge < -0.3 is 70.0 Å². The van der Waals surface area contributed by atoms with Crippen molar-refractivity contribution in [1.82, 2.24) is 41.9 Å². The number of carbonyl (C=O) groups is 9. The number of aromatic nitrogens is 2. The number of rotatable bonds is 29. The second kappa shape index (κ2) is 26.3. The summed E-state index contributed by atoms with van der Waals surface area (Å²) in [7, 11) is 0. The molecule has 1 aromatic heterocycles. The number of carboxylic acids is 1. The molecule has 59 heavy (non-hydrogen) atoms. The molecule has 8 amide bonds. The molecule has 0 saturated carbocycles. The summed E-state index contributed by atoms with van der Waals surface area (Å²) >= 11 is 0. The van der Waals surface area contributed by atoms with Crippen LogP contribution >= 0.6 is 0 Å². The molecule has 23 nitrogen and oxygen atoms in total. The minimum atomic E-state index is -1.68. The van der Waals surface area contributed by atoms with Crippen molar-refractivity contribution in [2.24, 2.45) is 34.8 Å². The third-order valence-electron chi connectivity index (χ3n) is 9.19. The number of amides is 8. The molecule has 0 bridgehead atoms. The Morgan fingerprint density at radius 1 is 0.729 bits per heavy atom. The Labute approximate surface area is 342 Å². The van der Waals surface area contributed by atoms with Gasteiger partial charge >= 0.3 is 5.97 Å². The van der Waals surface area contributed by atoms with E-state index in [-0.39, 0.29) is 44.6 Å². The Bertz CT molecular complexity index is 1580. The number of primary amides is 2. The number of nitrogens with zero attached hydrogens (tertiary/aromatic N) is 1. The van der Waals surface area contributed by atoms with Gasteiger partial charge in [-0.2, -0.15) is 0 Å². The van der Waals surface area contributed by atoms with Gasteiger partial charge in [0.2, 0.25) is 47.3 Å². The van der Waals surface area contributed by atoms with E-state index in [2.05, 4.69) is 41.9 Å². The number of hydrogen-bond acceptors (Lipinski definition) is 13. The highest BCUT2D eigenvalue weighted by Crippen LogP contribution is 2.12. The molecule has 0 aliphatic rings. The normalized spacial score (nSPS) is 15.2. The van der Waals surface area contributed by atoms with Gasteiger partial charge in [0.15, 0.2) is 0 Å². The fraction of sp³-hybridized carbons (Fsp3) is 0.667. The lowest BCUT2D eigenvalue weighted by Crippen LogP contribution is -2.61. The van der Waals surface area contributed by atoms with E-state index in [1.165, 1.54) is 12.5 Å². The van der Waals surface area contributed by atoms with E-state index in [9.17, 15) is 53.4 Å². The molecule has 1 rings (SSSR count). The van der Waals surface area contributed by atoms with Crippen molar-refractivity contribution in [2.45, 2.75) is 128 Å². The zero-order valence-corrected chi connectivity index (χ0v) is 34.0. The van der Waals surface area contributed by atoms with Crippen LogP contribution in [0.3, 0.4) is 0 Å². The predicted octanol–water partition coefficient (Wildman–Crippen LogP) is -4.37. The number of unbranched alkanes of at least 4 members (excludes halogenated alkanes) is 1. The highest BCUT2D eigenvalue weighted by Gasteiger charge is 2.36. The number of aliphatic hydroxyl groups excluding tert-OH is 1. The lowest BCUT2D eigenvalue weighted by atomic mass is 9.96. The van der Waals surface area contributed by atoms with Crippen LogP contribution in [0.1, 0.15) is 84.8 Å². The van der Waals surface area contributed by atoms with Crippen LogP contribution in [-0.4, -0.2) is 129 Å². The number of H-pyrrole nitrogens is 1. The third-order valence-corrected chi connectivity index (χ3v) is 9.19. The topological polar surface area (TPSA) is 399 Å². The van der Waals surface area contributed by atoms with Gasteiger partial charge in [0.1, 0.15) is 42.3 Å². The molecule has 0 saturated heterocycles. The average molecular weight is 839 g/mol. The summed E-state index contributed by atoms with van der Waals surface area (Å²) in [6.07, 6.45) is 2.33. The zero-order chi connectivity index (χ0) is 44.8. The fourth-order valence-electron chi connectivity index (χ4n) is 5.64. The quantitative estimate of drug-likeness (QED) is 0.0339. The van der Waals surface area contributed by atoms with Crippen molar-refractivity contribution in [1.29, 1.82) is 0 Å². The molecule has 0 aliphatic heterocycles. The minimum absolute atomic E-state index is 0.00682. The Morgan fingerprint density at radius 3 is 1.78 bits per heavy atom. The molecular weight excluding hydrogens is 776 g/mol. The molecule has 332 valence electrons. The summed E-state index contributed by atoms with van der Waals surface area (Å²) in [6, 6.07) is -9.87. The lowest BCUT2D eigenvalue weighted by Gasteiger charge is -2.29. The number of nitrogens with two attached hydrogens (primary N) is 4. The van der Waals surface area contributed by atoms with Crippen LogP contribution in [-0.2, 0) is 49.6 Å². The third kappa shape index (κ3) is 19.1. The monoisotopic (exact) mass is 838 g/mol. The van der Waals surface area contributed by atoms with E-state index in [0.717, 1.165) is 0 Å². The van der Waals surface area contributed by atoms with Crippen molar-refractivity contribution in [2.75, 3.05) is 13.2 Å². The summed E-state index contributed by atoms with van der Waals surface area (Å²) in [6.45, 7) is 6.33. The molecule has 0 aliphatic carbocycles.